The molecule has 0 saturated carbocycles. The van der Waals surface area contributed by atoms with Crippen LogP contribution in [-0.4, -0.2) is 45.6 Å². The molecule has 0 aliphatic carbocycles. The Kier molecular flexibility index (Phi) is 7.95. The van der Waals surface area contributed by atoms with Crippen molar-refractivity contribution in [3.63, 3.8) is 0 Å². The van der Waals surface area contributed by atoms with Crippen LogP contribution in [0.5, 0.6) is 0 Å². The average molecular weight is 527 g/mol. The monoisotopic (exact) mass is 526 g/mol. The van der Waals surface area contributed by atoms with Crippen molar-refractivity contribution in [3.8, 4) is 21.7 Å². The highest BCUT2D eigenvalue weighted by molar-refractivity contribution is 7.15. The van der Waals surface area contributed by atoms with Crippen molar-refractivity contribution in [1.29, 1.82) is 0 Å². The van der Waals surface area contributed by atoms with Crippen molar-refractivity contribution in [2.45, 2.75) is 58.5 Å². The Morgan fingerprint density at radius 1 is 1.17 bits per heavy atom. The van der Waals surface area contributed by atoms with E-state index in [1.807, 2.05) is 57.2 Å². The molecule has 0 spiro atoms. The summed E-state index contributed by atoms with van der Waals surface area (Å²) in [6.07, 6.45) is 3.44. The molecule has 9 heteroatoms. The normalized spacial score (nSPS) is 14.5. The second kappa shape index (κ2) is 11.0. The van der Waals surface area contributed by atoms with E-state index in [1.165, 1.54) is 0 Å². The van der Waals surface area contributed by atoms with Crippen LogP contribution in [0.15, 0.2) is 42.6 Å². The molecule has 1 N–H and O–H groups in total. The number of amides is 2. The number of nitrogens with one attached hydrogen (secondary N) is 1. The highest BCUT2D eigenvalue weighted by Crippen LogP contribution is 2.42. The summed E-state index contributed by atoms with van der Waals surface area (Å²) in [6, 6.07) is 11.5. The molecule has 2 aromatic heterocycles. The van der Waals surface area contributed by atoms with Gasteiger partial charge in [0, 0.05) is 42.2 Å². The molecule has 2 amide bonds. The molecular formula is C27H31ClN4O3S. The third-order valence-electron chi connectivity index (χ3n) is 5.85. The van der Waals surface area contributed by atoms with E-state index >= 15 is 0 Å². The van der Waals surface area contributed by atoms with Gasteiger partial charge in [0.15, 0.2) is 0 Å². The molecule has 1 aromatic carbocycles. The number of carbonyl (C=O) groups is 2. The van der Waals surface area contributed by atoms with Crippen molar-refractivity contribution < 1.29 is 14.3 Å². The average Bonchev–Trinajstić information content (AvgIpc) is 3.29. The van der Waals surface area contributed by atoms with Gasteiger partial charge >= 0.3 is 6.09 Å². The minimum Gasteiger partial charge on any atom is -0.444 e. The lowest BCUT2D eigenvalue weighted by molar-refractivity contribution is -0.115. The Labute approximate surface area is 220 Å². The molecule has 1 aliphatic rings. The predicted octanol–water partition coefficient (Wildman–Crippen LogP) is 6.99. The van der Waals surface area contributed by atoms with Gasteiger partial charge in [-0.3, -0.25) is 4.79 Å². The lowest BCUT2D eigenvalue weighted by Gasteiger charge is -2.32. The van der Waals surface area contributed by atoms with Gasteiger partial charge in [0.2, 0.25) is 5.91 Å². The number of hydrogen-bond donors (Lipinski definition) is 1. The standard InChI is InChI=1S/C27H31ClN4O3S/c1-5-22(33)30-21-16-19(9-12-29-21)24-23(18-7-6-8-20(28)15-18)31-25(36-24)17-10-13-32(14-11-17)26(34)35-27(2,3)4/h6-9,12,15-17H,5,10-11,13-14H2,1-4H3,(H,29,30,33). The fraction of sp³-hybridized carbons (Fsp3) is 0.407. The van der Waals surface area contributed by atoms with E-state index in [2.05, 4.69) is 10.3 Å². The molecule has 0 atom stereocenters. The van der Waals surface area contributed by atoms with Crippen molar-refractivity contribution in [2.24, 2.45) is 0 Å². The number of rotatable bonds is 5. The first-order chi connectivity index (χ1) is 17.1. The van der Waals surface area contributed by atoms with Gasteiger partial charge in [0.25, 0.3) is 0 Å². The number of nitrogens with zero attached hydrogens (tertiary/aromatic N) is 3. The van der Waals surface area contributed by atoms with Gasteiger partial charge in [-0.15, -0.1) is 11.3 Å². The summed E-state index contributed by atoms with van der Waals surface area (Å²) in [5.41, 5.74) is 2.21. The van der Waals surface area contributed by atoms with Gasteiger partial charge in [-0.1, -0.05) is 30.7 Å². The Morgan fingerprint density at radius 2 is 1.92 bits per heavy atom. The summed E-state index contributed by atoms with van der Waals surface area (Å²) in [7, 11) is 0. The fourth-order valence-corrected chi connectivity index (χ4v) is 5.49. The molecule has 3 aromatic rings. The summed E-state index contributed by atoms with van der Waals surface area (Å²) in [4.78, 5) is 36.5. The van der Waals surface area contributed by atoms with Gasteiger partial charge in [0.1, 0.15) is 11.4 Å². The number of likely N-dealkylation sites (tertiary alicyclic amines) is 1. The van der Waals surface area contributed by atoms with Crippen molar-refractivity contribution in [3.05, 3.63) is 52.6 Å². The first-order valence-electron chi connectivity index (χ1n) is 12.1. The van der Waals surface area contributed by atoms with Gasteiger partial charge in [-0.05, 0) is 63.4 Å². The first kappa shape index (κ1) is 26.1. The molecule has 1 fully saturated rings. The summed E-state index contributed by atoms with van der Waals surface area (Å²) in [5.74, 6) is 0.662. The summed E-state index contributed by atoms with van der Waals surface area (Å²) in [6.45, 7) is 8.70. The molecule has 36 heavy (non-hydrogen) atoms. The number of hydrogen-bond acceptors (Lipinski definition) is 6. The molecular weight excluding hydrogens is 496 g/mol. The van der Waals surface area contributed by atoms with Crippen LogP contribution in [0.4, 0.5) is 10.6 Å². The largest absolute Gasteiger partial charge is 0.444 e. The number of piperidine rings is 1. The zero-order valence-corrected chi connectivity index (χ0v) is 22.6. The highest BCUT2D eigenvalue weighted by atomic mass is 35.5. The zero-order valence-electron chi connectivity index (χ0n) is 21.0. The van der Waals surface area contributed by atoms with E-state index in [1.54, 1.807) is 29.4 Å². The van der Waals surface area contributed by atoms with E-state index in [0.717, 1.165) is 39.5 Å². The molecule has 190 valence electrons. The maximum atomic E-state index is 12.5. The van der Waals surface area contributed by atoms with Crippen LogP contribution in [0.2, 0.25) is 5.02 Å². The minimum atomic E-state index is -0.510. The van der Waals surface area contributed by atoms with Crippen LogP contribution < -0.4 is 5.32 Å². The second-order valence-electron chi connectivity index (χ2n) is 9.81. The first-order valence-corrected chi connectivity index (χ1v) is 13.3. The Morgan fingerprint density at radius 3 is 2.58 bits per heavy atom. The van der Waals surface area contributed by atoms with Gasteiger partial charge < -0.3 is 15.0 Å². The summed E-state index contributed by atoms with van der Waals surface area (Å²) >= 11 is 7.95. The van der Waals surface area contributed by atoms with E-state index < -0.39 is 5.60 Å². The number of benzene rings is 1. The van der Waals surface area contributed by atoms with Gasteiger partial charge in [-0.25, -0.2) is 14.8 Å². The maximum absolute atomic E-state index is 12.5. The highest BCUT2D eigenvalue weighted by Gasteiger charge is 2.30. The number of aromatic nitrogens is 2. The maximum Gasteiger partial charge on any atom is 0.410 e. The number of anilines is 1. The third-order valence-corrected chi connectivity index (χ3v) is 7.35. The van der Waals surface area contributed by atoms with E-state index in [0.29, 0.717) is 30.4 Å². The van der Waals surface area contributed by atoms with Crippen molar-refractivity contribution >= 4 is 40.8 Å². The Balaban J connectivity index is 1.62. The molecule has 1 saturated heterocycles. The molecule has 4 rings (SSSR count). The third kappa shape index (κ3) is 6.42. The van der Waals surface area contributed by atoms with Crippen molar-refractivity contribution in [1.82, 2.24) is 14.9 Å². The van der Waals surface area contributed by atoms with Crippen LogP contribution >= 0.6 is 22.9 Å². The number of ether oxygens (including phenoxy) is 1. The van der Waals surface area contributed by atoms with E-state index in [9.17, 15) is 9.59 Å². The van der Waals surface area contributed by atoms with E-state index in [4.69, 9.17) is 21.3 Å². The molecule has 3 heterocycles. The zero-order chi connectivity index (χ0) is 25.9. The van der Waals surface area contributed by atoms with Gasteiger partial charge in [-0.2, -0.15) is 0 Å². The molecule has 0 bridgehead atoms. The smallest absolute Gasteiger partial charge is 0.410 e. The fourth-order valence-electron chi connectivity index (χ4n) is 4.05. The van der Waals surface area contributed by atoms with Gasteiger partial charge in [0.05, 0.1) is 15.6 Å². The Hall–Kier alpha value is -2.97. The lowest BCUT2D eigenvalue weighted by Crippen LogP contribution is -2.41. The topological polar surface area (TPSA) is 84.4 Å². The number of carbonyl (C=O) groups excluding carboxylic acids is 2. The van der Waals surface area contributed by atoms with Crippen LogP contribution in [0.1, 0.15) is 57.9 Å². The lowest BCUT2D eigenvalue weighted by atomic mass is 9.97. The predicted molar refractivity (Wildman–Crippen MR) is 144 cm³/mol. The van der Waals surface area contributed by atoms with Crippen LogP contribution in [0, 0.1) is 0 Å². The number of pyridine rings is 1. The second-order valence-corrected chi connectivity index (χ2v) is 11.3. The van der Waals surface area contributed by atoms with Crippen molar-refractivity contribution in [2.75, 3.05) is 18.4 Å². The van der Waals surface area contributed by atoms with Crippen LogP contribution in [0.3, 0.4) is 0 Å². The number of thiazole rings is 1. The van der Waals surface area contributed by atoms with Crippen LogP contribution in [0.25, 0.3) is 21.7 Å². The molecule has 1 aliphatic heterocycles. The van der Waals surface area contributed by atoms with Crippen LogP contribution in [-0.2, 0) is 9.53 Å². The number of halogens is 1. The molecule has 0 unspecified atom stereocenters. The molecule has 7 nitrogen and oxygen atoms in total. The minimum absolute atomic E-state index is 0.0866. The van der Waals surface area contributed by atoms with E-state index in [-0.39, 0.29) is 17.9 Å². The summed E-state index contributed by atoms with van der Waals surface area (Å²) < 4.78 is 5.54. The quantitative estimate of drug-likeness (QED) is 0.387. The Bertz CT molecular complexity index is 1250. The summed E-state index contributed by atoms with van der Waals surface area (Å²) in [5, 5.41) is 4.51. The molecule has 0 radical (unpaired) electrons. The SMILES string of the molecule is CCC(=O)Nc1cc(-c2sc(C3CCN(C(=O)OC(C)(C)C)CC3)nc2-c2cccc(Cl)c2)ccn1.